The lowest BCUT2D eigenvalue weighted by Crippen LogP contribution is -2.27. The molecule has 0 bridgehead atoms. The summed E-state index contributed by atoms with van der Waals surface area (Å²) in [6, 6.07) is 0. The number of ether oxygens (including phenoxy) is 1. The van der Waals surface area contributed by atoms with E-state index in [1.54, 1.807) is 6.92 Å². The second-order valence-electron chi connectivity index (χ2n) is 5.46. The summed E-state index contributed by atoms with van der Waals surface area (Å²) in [6.45, 7) is 3.99. The van der Waals surface area contributed by atoms with Crippen molar-refractivity contribution in [1.82, 2.24) is 0 Å². The van der Waals surface area contributed by atoms with Gasteiger partial charge < -0.3 is 14.9 Å². The summed E-state index contributed by atoms with van der Waals surface area (Å²) >= 11 is 0. The van der Waals surface area contributed by atoms with Gasteiger partial charge in [-0.3, -0.25) is 4.79 Å². The number of hydrogen-bond acceptors (Lipinski definition) is 4. The summed E-state index contributed by atoms with van der Waals surface area (Å²) in [5.41, 5.74) is -0.949. The molecule has 114 valence electrons. The van der Waals surface area contributed by atoms with Gasteiger partial charge in [0.1, 0.15) is 0 Å². The maximum atomic E-state index is 11.4. The Kier molecular flexibility index (Phi) is 10.9. The molecule has 4 heteroatoms. The maximum absolute atomic E-state index is 11.4. The van der Waals surface area contributed by atoms with Gasteiger partial charge in [-0.05, 0) is 19.8 Å². The summed E-state index contributed by atoms with van der Waals surface area (Å²) < 4.78 is 5.07. The van der Waals surface area contributed by atoms with Crippen molar-refractivity contribution in [2.24, 2.45) is 0 Å². The number of rotatable bonds is 12. The molecular weight excluding hydrogens is 244 g/mol. The van der Waals surface area contributed by atoms with E-state index in [9.17, 15) is 9.90 Å². The molecule has 0 aliphatic heterocycles. The quantitative estimate of drug-likeness (QED) is 0.424. The topological polar surface area (TPSA) is 66.8 Å². The lowest BCUT2D eigenvalue weighted by atomic mass is 9.99. The first-order chi connectivity index (χ1) is 9.02. The Bertz CT molecular complexity index is 226. The zero-order chi connectivity index (χ0) is 14.6. The molecule has 0 aliphatic carbocycles. The smallest absolute Gasteiger partial charge is 0.305 e. The van der Waals surface area contributed by atoms with E-state index >= 15 is 0 Å². The third-order valence-electron chi connectivity index (χ3n) is 3.29. The maximum Gasteiger partial charge on any atom is 0.305 e. The van der Waals surface area contributed by atoms with Gasteiger partial charge in [0.05, 0.1) is 12.2 Å². The Labute approximate surface area is 117 Å². The largest absolute Gasteiger partial charge is 0.466 e. The Hall–Kier alpha value is -0.610. The van der Waals surface area contributed by atoms with Crippen molar-refractivity contribution in [2.45, 2.75) is 77.2 Å². The molecule has 0 radical (unpaired) electrons. The number of carbonyl (C=O) groups is 1. The standard InChI is InChI=1S/C15H30O4/c1-3-4-5-6-7-8-9-14(17)19-13-11-15(2,18)10-12-16/h16,18H,3-13H2,1-2H3. The van der Waals surface area contributed by atoms with Crippen LogP contribution in [0.1, 0.15) is 71.6 Å². The van der Waals surface area contributed by atoms with Crippen molar-refractivity contribution in [3.8, 4) is 0 Å². The van der Waals surface area contributed by atoms with E-state index in [0.29, 0.717) is 19.3 Å². The number of carbonyl (C=O) groups excluding carboxylic acids is 1. The predicted octanol–water partition coefficient (Wildman–Crippen LogP) is 2.80. The molecule has 0 saturated carbocycles. The van der Waals surface area contributed by atoms with E-state index in [-0.39, 0.29) is 19.2 Å². The van der Waals surface area contributed by atoms with Gasteiger partial charge in [-0.15, -0.1) is 0 Å². The summed E-state index contributed by atoms with van der Waals surface area (Å²) in [4.78, 5) is 11.4. The third-order valence-corrected chi connectivity index (χ3v) is 3.29. The lowest BCUT2D eigenvalue weighted by molar-refractivity contribution is -0.145. The van der Waals surface area contributed by atoms with Gasteiger partial charge in [0.25, 0.3) is 0 Å². The van der Waals surface area contributed by atoms with Crippen LogP contribution in [0.5, 0.6) is 0 Å². The molecule has 0 saturated heterocycles. The van der Waals surface area contributed by atoms with Gasteiger partial charge in [-0.1, -0.05) is 39.0 Å². The first-order valence-electron chi connectivity index (χ1n) is 7.50. The average molecular weight is 274 g/mol. The molecule has 0 spiro atoms. The van der Waals surface area contributed by atoms with E-state index in [4.69, 9.17) is 9.84 Å². The molecule has 0 aromatic rings. The summed E-state index contributed by atoms with van der Waals surface area (Å²) in [5, 5.41) is 18.5. The minimum Gasteiger partial charge on any atom is -0.466 e. The van der Waals surface area contributed by atoms with Crippen LogP contribution in [0.2, 0.25) is 0 Å². The SMILES string of the molecule is CCCCCCCCC(=O)OCCC(C)(O)CCO. The molecule has 0 fully saturated rings. The lowest BCUT2D eigenvalue weighted by Gasteiger charge is -2.21. The molecule has 0 rings (SSSR count). The molecule has 0 heterocycles. The molecule has 19 heavy (non-hydrogen) atoms. The third kappa shape index (κ3) is 12.2. The highest BCUT2D eigenvalue weighted by Gasteiger charge is 2.19. The predicted molar refractivity (Wildman–Crippen MR) is 75.9 cm³/mol. The van der Waals surface area contributed by atoms with Gasteiger partial charge in [-0.25, -0.2) is 0 Å². The Morgan fingerprint density at radius 1 is 1.11 bits per heavy atom. The van der Waals surface area contributed by atoms with Crippen molar-refractivity contribution in [1.29, 1.82) is 0 Å². The fourth-order valence-corrected chi connectivity index (χ4v) is 1.87. The average Bonchev–Trinajstić information content (AvgIpc) is 2.33. The van der Waals surface area contributed by atoms with Crippen LogP contribution in [-0.2, 0) is 9.53 Å². The molecule has 1 unspecified atom stereocenters. The second-order valence-corrected chi connectivity index (χ2v) is 5.46. The summed E-state index contributed by atoms with van der Waals surface area (Å²) in [7, 11) is 0. The van der Waals surface area contributed by atoms with Crippen LogP contribution >= 0.6 is 0 Å². The van der Waals surface area contributed by atoms with Crippen molar-refractivity contribution < 1.29 is 19.7 Å². The van der Waals surface area contributed by atoms with E-state index in [2.05, 4.69) is 6.92 Å². The zero-order valence-corrected chi connectivity index (χ0v) is 12.5. The van der Waals surface area contributed by atoms with E-state index in [0.717, 1.165) is 12.8 Å². The fraction of sp³-hybridized carbons (Fsp3) is 0.933. The fourth-order valence-electron chi connectivity index (χ4n) is 1.87. The highest BCUT2D eigenvalue weighted by Crippen LogP contribution is 2.14. The van der Waals surface area contributed by atoms with Crippen LogP contribution in [0.4, 0.5) is 0 Å². The molecule has 0 aromatic heterocycles. The highest BCUT2D eigenvalue weighted by molar-refractivity contribution is 5.69. The number of unbranched alkanes of at least 4 members (excludes halogenated alkanes) is 5. The molecule has 0 aliphatic rings. The van der Waals surface area contributed by atoms with Crippen LogP contribution in [0.15, 0.2) is 0 Å². The van der Waals surface area contributed by atoms with Crippen LogP contribution in [0.3, 0.4) is 0 Å². The van der Waals surface area contributed by atoms with Crippen molar-refractivity contribution in [3.63, 3.8) is 0 Å². The van der Waals surface area contributed by atoms with E-state index in [1.807, 2.05) is 0 Å². The van der Waals surface area contributed by atoms with Gasteiger partial charge in [0.2, 0.25) is 0 Å². The van der Waals surface area contributed by atoms with Crippen molar-refractivity contribution in [2.75, 3.05) is 13.2 Å². The van der Waals surface area contributed by atoms with Crippen molar-refractivity contribution >= 4 is 5.97 Å². The number of aliphatic hydroxyl groups is 2. The van der Waals surface area contributed by atoms with Gasteiger partial charge in [0.15, 0.2) is 0 Å². The number of aliphatic hydroxyl groups excluding tert-OH is 1. The first-order valence-corrected chi connectivity index (χ1v) is 7.50. The minimum atomic E-state index is -0.949. The molecule has 0 aromatic carbocycles. The number of hydrogen-bond donors (Lipinski definition) is 2. The minimum absolute atomic E-state index is 0.0568. The summed E-state index contributed by atoms with van der Waals surface area (Å²) in [5.74, 6) is -0.185. The Morgan fingerprint density at radius 3 is 2.37 bits per heavy atom. The monoisotopic (exact) mass is 274 g/mol. The Balaban J connectivity index is 3.44. The normalized spacial score (nSPS) is 14.1. The van der Waals surface area contributed by atoms with Crippen LogP contribution < -0.4 is 0 Å². The van der Waals surface area contributed by atoms with E-state index < -0.39 is 5.60 Å². The molecule has 1 atom stereocenters. The Morgan fingerprint density at radius 2 is 1.74 bits per heavy atom. The number of esters is 1. The van der Waals surface area contributed by atoms with Crippen molar-refractivity contribution in [3.05, 3.63) is 0 Å². The van der Waals surface area contributed by atoms with Gasteiger partial charge in [-0.2, -0.15) is 0 Å². The molecule has 4 nitrogen and oxygen atoms in total. The van der Waals surface area contributed by atoms with Gasteiger partial charge in [0, 0.05) is 19.4 Å². The highest BCUT2D eigenvalue weighted by atomic mass is 16.5. The second kappa shape index (κ2) is 11.2. The molecule has 0 amide bonds. The van der Waals surface area contributed by atoms with Crippen LogP contribution in [0, 0.1) is 0 Å². The van der Waals surface area contributed by atoms with Gasteiger partial charge >= 0.3 is 5.97 Å². The first kappa shape index (κ1) is 18.4. The summed E-state index contributed by atoms with van der Waals surface area (Å²) in [6.07, 6.45) is 8.04. The zero-order valence-electron chi connectivity index (χ0n) is 12.5. The van der Waals surface area contributed by atoms with E-state index in [1.165, 1.54) is 25.7 Å². The molecular formula is C15H30O4. The van der Waals surface area contributed by atoms with Crippen LogP contribution in [-0.4, -0.2) is 35.0 Å². The molecule has 2 N–H and O–H groups in total. The van der Waals surface area contributed by atoms with Crippen LogP contribution in [0.25, 0.3) is 0 Å².